The molecule has 2 rings (SSSR count). The van der Waals surface area contributed by atoms with E-state index in [2.05, 4.69) is 15.0 Å². The van der Waals surface area contributed by atoms with E-state index in [0.717, 1.165) is 0 Å². The normalized spacial score (nSPS) is 10.6. The Hall–Kier alpha value is -1.65. The quantitative estimate of drug-likeness (QED) is 0.457. The Bertz CT molecular complexity index is 732. The maximum atomic E-state index is 11.1. The highest BCUT2D eigenvalue weighted by Crippen LogP contribution is 2.33. The molecule has 0 unspecified atom stereocenters. The molecule has 0 saturated carbocycles. The minimum Gasteiger partial charge on any atom is -0.481 e. The lowest BCUT2D eigenvalue weighted by atomic mass is 10.3. The van der Waals surface area contributed by atoms with Crippen LogP contribution in [-0.2, 0) is 11.2 Å². The Balaban J connectivity index is 2.28. The Morgan fingerprint density at radius 3 is 2.59 bits per heavy atom. The SMILES string of the molecule is CSc1nc(Sc2nc(C)c(CC(=O)O)s2)cc(C(=O)O)n1. The fourth-order valence-corrected chi connectivity index (χ4v) is 4.10. The van der Waals surface area contributed by atoms with Crippen LogP contribution in [0.15, 0.2) is 20.6 Å². The number of aromatic carboxylic acids is 1. The van der Waals surface area contributed by atoms with Gasteiger partial charge in [-0.25, -0.2) is 19.7 Å². The number of thioether (sulfide) groups is 1. The molecular weight excluding hydrogens is 346 g/mol. The van der Waals surface area contributed by atoms with E-state index in [1.54, 1.807) is 13.2 Å². The molecule has 0 aliphatic carbocycles. The van der Waals surface area contributed by atoms with Crippen LogP contribution >= 0.6 is 34.9 Å². The summed E-state index contributed by atoms with van der Waals surface area (Å²) >= 11 is 3.71. The van der Waals surface area contributed by atoms with Gasteiger partial charge in [0, 0.05) is 10.9 Å². The van der Waals surface area contributed by atoms with Crippen LogP contribution in [0.3, 0.4) is 0 Å². The van der Waals surface area contributed by atoms with E-state index >= 15 is 0 Å². The second kappa shape index (κ2) is 7.07. The molecule has 0 saturated heterocycles. The Kier molecular flexibility index (Phi) is 5.37. The lowest BCUT2D eigenvalue weighted by Crippen LogP contribution is -2.03. The van der Waals surface area contributed by atoms with Crippen LogP contribution in [0.4, 0.5) is 0 Å². The summed E-state index contributed by atoms with van der Waals surface area (Å²) in [5.41, 5.74) is 0.577. The van der Waals surface area contributed by atoms with Crippen LogP contribution in [0, 0.1) is 6.92 Å². The van der Waals surface area contributed by atoms with Gasteiger partial charge in [0.2, 0.25) is 0 Å². The van der Waals surface area contributed by atoms with Gasteiger partial charge < -0.3 is 10.2 Å². The topological polar surface area (TPSA) is 113 Å². The zero-order valence-electron chi connectivity index (χ0n) is 11.6. The van der Waals surface area contributed by atoms with Crippen molar-refractivity contribution < 1.29 is 19.8 Å². The van der Waals surface area contributed by atoms with Crippen molar-refractivity contribution in [1.82, 2.24) is 15.0 Å². The van der Waals surface area contributed by atoms with E-state index in [1.807, 2.05) is 0 Å². The molecule has 0 fully saturated rings. The first-order chi connectivity index (χ1) is 10.4. The third kappa shape index (κ3) is 4.18. The van der Waals surface area contributed by atoms with Crippen molar-refractivity contribution in [1.29, 1.82) is 0 Å². The molecule has 22 heavy (non-hydrogen) atoms. The molecule has 116 valence electrons. The first-order valence-corrected chi connectivity index (χ1v) is 8.77. The summed E-state index contributed by atoms with van der Waals surface area (Å²) in [5.74, 6) is -2.04. The summed E-state index contributed by atoms with van der Waals surface area (Å²) in [7, 11) is 0. The summed E-state index contributed by atoms with van der Waals surface area (Å²) in [4.78, 5) is 34.9. The van der Waals surface area contributed by atoms with Crippen molar-refractivity contribution in [2.75, 3.05) is 6.26 Å². The van der Waals surface area contributed by atoms with E-state index in [-0.39, 0.29) is 12.1 Å². The van der Waals surface area contributed by atoms with E-state index in [0.29, 0.717) is 25.1 Å². The summed E-state index contributed by atoms with van der Waals surface area (Å²) < 4.78 is 0.621. The van der Waals surface area contributed by atoms with Gasteiger partial charge in [-0.1, -0.05) is 11.8 Å². The minimum absolute atomic E-state index is 0.0791. The number of thiazole rings is 1. The van der Waals surface area contributed by atoms with Gasteiger partial charge in [-0.15, -0.1) is 11.3 Å². The summed E-state index contributed by atoms with van der Waals surface area (Å²) in [5, 5.41) is 18.7. The van der Waals surface area contributed by atoms with E-state index in [9.17, 15) is 9.59 Å². The van der Waals surface area contributed by atoms with Crippen LogP contribution in [0.2, 0.25) is 0 Å². The number of aliphatic carboxylic acids is 1. The third-order valence-corrected chi connectivity index (χ3v) is 5.14. The molecule has 2 aromatic rings. The van der Waals surface area contributed by atoms with Crippen molar-refractivity contribution in [2.24, 2.45) is 0 Å². The lowest BCUT2D eigenvalue weighted by Gasteiger charge is -2.02. The number of aromatic nitrogens is 3. The molecule has 10 heteroatoms. The Morgan fingerprint density at radius 1 is 1.27 bits per heavy atom. The zero-order valence-corrected chi connectivity index (χ0v) is 14.0. The van der Waals surface area contributed by atoms with Gasteiger partial charge in [0.15, 0.2) is 15.2 Å². The molecule has 0 radical (unpaired) electrons. The average molecular weight is 357 g/mol. The second-order valence-corrected chi connectivity index (χ2v) is 7.17. The van der Waals surface area contributed by atoms with Gasteiger partial charge in [0.05, 0.1) is 12.1 Å². The van der Waals surface area contributed by atoms with Crippen molar-refractivity contribution in [3.8, 4) is 0 Å². The molecular formula is C12H11N3O4S3. The molecule has 0 bridgehead atoms. The number of hydrogen-bond acceptors (Lipinski definition) is 8. The molecule has 0 amide bonds. The second-order valence-electron chi connectivity index (χ2n) is 4.04. The fraction of sp³-hybridized carbons (Fsp3) is 0.250. The Morgan fingerprint density at radius 2 is 2.00 bits per heavy atom. The van der Waals surface area contributed by atoms with Crippen LogP contribution in [0.25, 0.3) is 0 Å². The first-order valence-electron chi connectivity index (χ1n) is 5.91. The number of carboxylic acid groups (broad SMARTS) is 2. The number of rotatable bonds is 6. The van der Waals surface area contributed by atoms with Crippen LogP contribution in [-0.4, -0.2) is 43.4 Å². The maximum Gasteiger partial charge on any atom is 0.354 e. The average Bonchev–Trinajstić information content (AvgIpc) is 2.77. The monoisotopic (exact) mass is 357 g/mol. The van der Waals surface area contributed by atoms with E-state index in [1.165, 1.54) is 40.9 Å². The number of aryl methyl sites for hydroxylation is 1. The maximum absolute atomic E-state index is 11.1. The highest BCUT2D eigenvalue weighted by atomic mass is 32.2. The molecule has 0 atom stereocenters. The molecule has 0 spiro atoms. The van der Waals surface area contributed by atoms with Crippen molar-refractivity contribution in [3.63, 3.8) is 0 Å². The van der Waals surface area contributed by atoms with Gasteiger partial charge in [-0.3, -0.25) is 4.79 Å². The molecule has 2 heterocycles. The van der Waals surface area contributed by atoms with Crippen molar-refractivity contribution in [3.05, 3.63) is 22.3 Å². The Labute approximate surface area is 138 Å². The van der Waals surface area contributed by atoms with Crippen LogP contribution in [0.1, 0.15) is 21.1 Å². The summed E-state index contributed by atoms with van der Waals surface area (Å²) in [6, 6.07) is 1.38. The van der Waals surface area contributed by atoms with E-state index in [4.69, 9.17) is 10.2 Å². The smallest absolute Gasteiger partial charge is 0.354 e. The summed E-state index contributed by atoms with van der Waals surface area (Å²) in [6.07, 6.45) is 1.68. The number of hydrogen-bond donors (Lipinski definition) is 2. The van der Waals surface area contributed by atoms with Crippen molar-refractivity contribution >= 4 is 46.8 Å². The predicted molar refractivity (Wildman–Crippen MR) is 83.1 cm³/mol. The first kappa shape index (κ1) is 16.7. The largest absolute Gasteiger partial charge is 0.481 e. The lowest BCUT2D eigenvalue weighted by molar-refractivity contribution is -0.136. The van der Waals surface area contributed by atoms with Gasteiger partial charge in [-0.05, 0) is 24.9 Å². The van der Waals surface area contributed by atoms with Gasteiger partial charge in [0.25, 0.3) is 0 Å². The van der Waals surface area contributed by atoms with Crippen LogP contribution in [0.5, 0.6) is 0 Å². The molecule has 0 aliphatic rings. The highest BCUT2D eigenvalue weighted by molar-refractivity contribution is 8.01. The van der Waals surface area contributed by atoms with Gasteiger partial charge in [0.1, 0.15) is 5.03 Å². The van der Waals surface area contributed by atoms with E-state index < -0.39 is 11.9 Å². The number of nitrogens with zero attached hydrogens (tertiary/aromatic N) is 3. The highest BCUT2D eigenvalue weighted by Gasteiger charge is 2.15. The minimum atomic E-state index is -1.12. The molecule has 2 N–H and O–H groups in total. The number of carboxylic acids is 2. The standard InChI is InChI=1S/C12H11N3O4S3/c1-5-7(4-9(16)17)21-12(13-5)22-8-3-6(10(18)19)14-11(15-8)20-2/h3H,4H2,1-2H3,(H,16,17)(H,18,19). The van der Waals surface area contributed by atoms with Crippen LogP contribution < -0.4 is 0 Å². The molecule has 0 aromatic carbocycles. The zero-order chi connectivity index (χ0) is 16.3. The molecule has 0 aliphatic heterocycles. The molecule has 7 nitrogen and oxygen atoms in total. The van der Waals surface area contributed by atoms with Gasteiger partial charge in [-0.2, -0.15) is 0 Å². The van der Waals surface area contributed by atoms with Crippen molar-refractivity contribution in [2.45, 2.75) is 27.9 Å². The molecule has 2 aromatic heterocycles. The fourth-order valence-electron chi connectivity index (χ4n) is 1.49. The van der Waals surface area contributed by atoms with Gasteiger partial charge >= 0.3 is 11.9 Å². The third-order valence-electron chi connectivity index (χ3n) is 2.46. The summed E-state index contributed by atoms with van der Waals surface area (Å²) in [6.45, 7) is 1.74. The number of carbonyl (C=O) groups is 2. The predicted octanol–water partition coefficient (Wildman–Crippen LogP) is 2.44.